The maximum atomic E-state index is 8.25. The Bertz CT molecular complexity index is 90.6. The molecular weight excluding hydrogens is 165 g/mol. The topological polar surface area (TPSA) is 90.5 Å². The molecule has 1 rings (SSSR count). The molecule has 0 saturated carbocycles. The van der Waals surface area contributed by atoms with Crippen LogP contribution in [0.1, 0.15) is 0 Å². The molecule has 1 radical (unpaired) electrons. The van der Waals surface area contributed by atoms with Crippen molar-refractivity contribution in [2.75, 3.05) is 0 Å². The second kappa shape index (κ2) is 16.2. The summed E-state index contributed by atoms with van der Waals surface area (Å²) in [6.07, 6.45) is 1.77. The fourth-order valence-corrected chi connectivity index (χ4v) is 0.527. The molecule has 0 fully saturated rings. The van der Waals surface area contributed by atoms with Gasteiger partial charge in [0.2, 0.25) is 0 Å². The van der Waals surface area contributed by atoms with E-state index in [0.29, 0.717) is 0 Å². The molecule has 0 aliphatic heterocycles. The van der Waals surface area contributed by atoms with Crippen molar-refractivity contribution in [3.05, 3.63) is 17.1 Å². The Hall–Kier alpha value is 0.341. The zero-order chi connectivity index (χ0) is 6.24. The minimum absolute atomic E-state index is 0. The molecule has 1 aromatic heterocycles. The van der Waals surface area contributed by atoms with Gasteiger partial charge in [-0.25, -0.2) is 7.69 Å². The fraction of sp³-hybridized carbons (Fsp3) is 0. The number of thiazole rings is 1. The Kier molecular flexibility index (Phi) is 27.1. The molecule has 0 amide bonds. The quantitative estimate of drug-likeness (QED) is 0.393. The van der Waals surface area contributed by atoms with Crippen LogP contribution in [0.2, 0.25) is 0 Å². The molecular formula is C3H5BMgNO3S. The summed E-state index contributed by atoms with van der Waals surface area (Å²) in [5, 5.41) is 18.4. The van der Waals surface area contributed by atoms with E-state index in [2.05, 4.69) is 4.98 Å². The van der Waals surface area contributed by atoms with E-state index < -0.39 is 7.69 Å². The molecule has 4 nitrogen and oxygen atoms in total. The smallest absolute Gasteiger partial charge is 0.900 e. The van der Waals surface area contributed by atoms with Crippen molar-refractivity contribution in [3.63, 3.8) is 0 Å². The molecule has 0 aromatic carbocycles. The number of rotatable bonds is 0. The van der Waals surface area contributed by atoms with Crippen molar-refractivity contribution >= 4 is 42.1 Å². The molecule has 1 heterocycles. The molecule has 0 spiro atoms. The van der Waals surface area contributed by atoms with Gasteiger partial charge in [0.05, 0.1) is 5.51 Å². The maximum Gasteiger partial charge on any atom is 2.00 e. The van der Waals surface area contributed by atoms with Crippen molar-refractivity contribution < 1.29 is 15.5 Å². The van der Waals surface area contributed by atoms with Gasteiger partial charge >= 0.3 is 23.1 Å². The van der Waals surface area contributed by atoms with E-state index in [9.17, 15) is 0 Å². The van der Waals surface area contributed by atoms with Gasteiger partial charge in [-0.3, -0.25) is 4.98 Å². The fourth-order valence-electron chi connectivity index (χ4n) is 0.176. The van der Waals surface area contributed by atoms with Crippen molar-refractivity contribution in [2.24, 2.45) is 0 Å². The van der Waals surface area contributed by atoms with E-state index in [4.69, 9.17) is 10.0 Å². The van der Waals surface area contributed by atoms with E-state index in [-0.39, 0.29) is 28.5 Å². The summed E-state index contributed by atoms with van der Waals surface area (Å²) < 4.78 is 0. The predicted molar refractivity (Wildman–Crippen MR) is 37.2 cm³/mol. The molecule has 0 aliphatic carbocycles. The first-order valence-electron chi connectivity index (χ1n) is 1.79. The third-order valence-corrected chi connectivity index (χ3v) is 0.869. The van der Waals surface area contributed by atoms with Crippen molar-refractivity contribution in [1.82, 2.24) is 4.98 Å². The van der Waals surface area contributed by atoms with Crippen LogP contribution in [0.4, 0.5) is 0 Å². The van der Waals surface area contributed by atoms with E-state index in [1.54, 1.807) is 23.0 Å². The normalized spacial score (nSPS) is 5.40. The first kappa shape index (κ1) is 16.7. The van der Waals surface area contributed by atoms with Crippen LogP contribution >= 0.6 is 11.3 Å². The third kappa shape index (κ3) is 15.8. The summed E-state index contributed by atoms with van der Waals surface area (Å²) in [4.78, 5) is 3.74. The Balaban J connectivity index is -0.0000000900. The van der Waals surface area contributed by atoms with E-state index >= 15 is 0 Å². The van der Waals surface area contributed by atoms with Crippen LogP contribution in [0.15, 0.2) is 17.1 Å². The monoisotopic (exact) mass is 170 g/mol. The van der Waals surface area contributed by atoms with Crippen LogP contribution in [-0.2, 0) is 0 Å². The molecule has 0 saturated heterocycles. The first-order valence-corrected chi connectivity index (χ1v) is 2.74. The summed E-state index contributed by atoms with van der Waals surface area (Å²) in [7, 11) is -0.500. The van der Waals surface area contributed by atoms with Crippen LogP contribution in [-0.4, -0.2) is 41.2 Å². The van der Waals surface area contributed by atoms with E-state index in [1.165, 1.54) is 0 Å². The van der Waals surface area contributed by atoms with Crippen LogP contribution in [0.3, 0.4) is 0 Å². The Morgan fingerprint density at radius 2 is 1.90 bits per heavy atom. The zero-order valence-electron chi connectivity index (χ0n) is 5.19. The molecule has 0 unspecified atom stereocenters. The zero-order valence-corrected chi connectivity index (χ0v) is 7.42. The van der Waals surface area contributed by atoms with Gasteiger partial charge in [-0.15, -0.1) is 11.3 Å². The van der Waals surface area contributed by atoms with Gasteiger partial charge in [-0.05, 0) is 0 Å². The van der Waals surface area contributed by atoms with Crippen LogP contribution in [0.25, 0.3) is 0 Å². The molecule has 0 atom stereocenters. The largest absolute Gasteiger partial charge is 2.00 e. The van der Waals surface area contributed by atoms with Gasteiger partial charge in [0.25, 0.3) is 0 Å². The van der Waals surface area contributed by atoms with Crippen molar-refractivity contribution in [3.8, 4) is 0 Å². The predicted octanol–water partition coefficient (Wildman–Crippen LogP) is -2.82. The minimum atomic E-state index is -0.500. The van der Waals surface area contributed by atoms with Gasteiger partial charge in [-0.1, -0.05) is 0 Å². The Labute approximate surface area is 79.7 Å². The average Bonchev–Trinajstić information content (AvgIpc) is 2.17. The minimum Gasteiger partial charge on any atom is -0.900 e. The first-order chi connectivity index (χ1) is 3.91. The number of aromatic nitrogens is 1. The van der Waals surface area contributed by atoms with Crippen molar-refractivity contribution in [2.45, 2.75) is 0 Å². The summed E-state index contributed by atoms with van der Waals surface area (Å²) in [6.45, 7) is 0. The van der Waals surface area contributed by atoms with Gasteiger partial charge in [0, 0.05) is 11.6 Å². The molecule has 7 heteroatoms. The summed E-state index contributed by atoms with van der Waals surface area (Å²) >= 11 is 1.60. The molecule has 51 valence electrons. The SMILES string of the molecule is O.[Mg+2].[O-][B][O-].c1cscn1. The van der Waals surface area contributed by atoms with E-state index in [0.717, 1.165) is 0 Å². The second-order valence-electron chi connectivity index (χ2n) is 0.772. The van der Waals surface area contributed by atoms with Crippen LogP contribution < -0.4 is 10.0 Å². The van der Waals surface area contributed by atoms with Gasteiger partial charge < -0.3 is 15.5 Å². The van der Waals surface area contributed by atoms with Crippen LogP contribution in [0.5, 0.6) is 0 Å². The number of nitrogens with zero attached hydrogens (tertiary/aromatic N) is 1. The Morgan fingerprint density at radius 3 is 2.00 bits per heavy atom. The molecule has 1 aromatic rings. The number of hydrogen-bond acceptors (Lipinski definition) is 4. The van der Waals surface area contributed by atoms with E-state index in [1.807, 2.05) is 5.38 Å². The molecule has 0 aliphatic rings. The second-order valence-corrected chi connectivity index (χ2v) is 1.53. The Morgan fingerprint density at radius 1 is 1.40 bits per heavy atom. The van der Waals surface area contributed by atoms with Gasteiger partial charge in [0.15, 0.2) is 0 Å². The van der Waals surface area contributed by atoms with Gasteiger partial charge in [0.1, 0.15) is 0 Å². The summed E-state index contributed by atoms with van der Waals surface area (Å²) in [5.41, 5.74) is 1.79. The summed E-state index contributed by atoms with van der Waals surface area (Å²) in [5.74, 6) is 0. The molecule has 0 bridgehead atoms. The summed E-state index contributed by atoms with van der Waals surface area (Å²) in [6, 6.07) is 0. The van der Waals surface area contributed by atoms with Crippen LogP contribution in [0, 0.1) is 0 Å². The standard InChI is InChI=1S/C3H3NS.BO2.Mg.H2O/c1-2-5-3-4-1;2-1-3;;/h1-3H;;;1H2/q;-2;+2;. The maximum absolute atomic E-state index is 8.25. The third-order valence-electron chi connectivity index (χ3n) is 0.347. The average molecular weight is 170 g/mol. The molecule has 2 N–H and O–H groups in total. The number of hydrogen-bond donors (Lipinski definition) is 0. The van der Waals surface area contributed by atoms with Crippen molar-refractivity contribution in [1.29, 1.82) is 0 Å². The molecule has 10 heavy (non-hydrogen) atoms. The van der Waals surface area contributed by atoms with Gasteiger partial charge in [-0.2, -0.15) is 0 Å².